The topological polar surface area (TPSA) is 75.3 Å². The van der Waals surface area contributed by atoms with Crippen molar-refractivity contribution >= 4 is 33.4 Å². The highest BCUT2D eigenvalue weighted by molar-refractivity contribution is 7.98. The Bertz CT molecular complexity index is 803. The first-order chi connectivity index (χ1) is 11.5. The molecule has 24 heavy (non-hydrogen) atoms. The number of para-hydroxylation sites is 1. The van der Waals surface area contributed by atoms with E-state index in [9.17, 15) is 13.2 Å². The normalized spacial score (nSPS) is 11.2. The Labute approximate surface area is 146 Å². The van der Waals surface area contributed by atoms with E-state index >= 15 is 0 Å². The first-order valence-electron chi connectivity index (χ1n) is 7.41. The average Bonchev–Trinajstić information content (AvgIpc) is 2.61. The number of hydrogen-bond acceptors (Lipinski definition) is 4. The summed E-state index contributed by atoms with van der Waals surface area (Å²) in [4.78, 5) is 13.3. The third-order valence-electron chi connectivity index (χ3n) is 3.52. The lowest BCUT2D eigenvalue weighted by molar-refractivity contribution is -0.116. The minimum atomic E-state index is -3.43. The van der Waals surface area contributed by atoms with Crippen molar-refractivity contribution in [3.8, 4) is 0 Å². The van der Waals surface area contributed by atoms with Gasteiger partial charge in [-0.3, -0.25) is 4.79 Å². The number of aryl methyl sites for hydroxylation is 1. The zero-order chi connectivity index (χ0) is 17.6. The van der Waals surface area contributed by atoms with E-state index in [1.807, 2.05) is 30.5 Å². The summed E-state index contributed by atoms with van der Waals surface area (Å²) in [6.07, 6.45) is 2.85. The standard InChI is InChI=1S/C17H20N2O3S2/c1-18-24(21,22)14-10-7-13(8-11-14)9-12-17(20)19-15-5-3-4-6-16(15)23-2/h3-8,10-11,18H,9,12H2,1-2H3,(H,19,20). The van der Waals surface area contributed by atoms with Gasteiger partial charge in [0.1, 0.15) is 0 Å². The number of sulfonamides is 1. The highest BCUT2D eigenvalue weighted by Gasteiger charge is 2.11. The fourth-order valence-corrected chi connectivity index (χ4v) is 3.46. The zero-order valence-corrected chi connectivity index (χ0v) is 15.2. The number of amides is 1. The fraction of sp³-hybridized carbons (Fsp3) is 0.235. The van der Waals surface area contributed by atoms with Crippen LogP contribution in [0.3, 0.4) is 0 Å². The lowest BCUT2D eigenvalue weighted by atomic mass is 10.1. The molecule has 0 atom stereocenters. The molecule has 0 saturated carbocycles. The second-order valence-electron chi connectivity index (χ2n) is 5.10. The maximum Gasteiger partial charge on any atom is 0.240 e. The van der Waals surface area contributed by atoms with Crippen LogP contribution in [0.1, 0.15) is 12.0 Å². The van der Waals surface area contributed by atoms with Gasteiger partial charge in [-0.2, -0.15) is 0 Å². The molecule has 0 bridgehead atoms. The molecule has 0 aromatic heterocycles. The molecule has 1 amide bonds. The molecule has 0 aliphatic carbocycles. The average molecular weight is 364 g/mol. The molecular formula is C17H20N2O3S2. The van der Waals surface area contributed by atoms with E-state index < -0.39 is 10.0 Å². The van der Waals surface area contributed by atoms with Crippen LogP contribution in [0.25, 0.3) is 0 Å². The van der Waals surface area contributed by atoms with Gasteiger partial charge in [-0.25, -0.2) is 13.1 Å². The highest BCUT2D eigenvalue weighted by atomic mass is 32.2. The largest absolute Gasteiger partial charge is 0.325 e. The number of thioether (sulfide) groups is 1. The Morgan fingerprint density at radius 2 is 1.75 bits per heavy atom. The van der Waals surface area contributed by atoms with Crippen molar-refractivity contribution in [1.82, 2.24) is 4.72 Å². The van der Waals surface area contributed by atoms with Gasteiger partial charge in [-0.05, 0) is 49.6 Å². The molecule has 0 aliphatic heterocycles. The van der Waals surface area contributed by atoms with Gasteiger partial charge in [0, 0.05) is 11.3 Å². The zero-order valence-electron chi connectivity index (χ0n) is 13.6. The Kier molecular flexibility index (Phi) is 6.42. The predicted molar refractivity (Wildman–Crippen MR) is 97.9 cm³/mol. The van der Waals surface area contributed by atoms with Crippen LogP contribution < -0.4 is 10.0 Å². The maximum atomic E-state index is 12.1. The molecule has 0 radical (unpaired) electrons. The number of hydrogen-bond donors (Lipinski definition) is 2. The molecule has 0 heterocycles. The van der Waals surface area contributed by atoms with Gasteiger partial charge in [0.05, 0.1) is 10.6 Å². The van der Waals surface area contributed by atoms with Crippen molar-refractivity contribution in [2.24, 2.45) is 0 Å². The van der Waals surface area contributed by atoms with Crippen molar-refractivity contribution in [3.05, 3.63) is 54.1 Å². The maximum absolute atomic E-state index is 12.1. The van der Waals surface area contributed by atoms with E-state index in [1.54, 1.807) is 36.0 Å². The van der Waals surface area contributed by atoms with Crippen LogP contribution in [0.2, 0.25) is 0 Å². The summed E-state index contributed by atoms with van der Waals surface area (Å²) in [5, 5.41) is 2.91. The summed E-state index contributed by atoms with van der Waals surface area (Å²) in [6, 6.07) is 14.2. The van der Waals surface area contributed by atoms with Crippen LogP contribution in [0.5, 0.6) is 0 Å². The van der Waals surface area contributed by atoms with Gasteiger partial charge in [-0.1, -0.05) is 24.3 Å². The van der Waals surface area contributed by atoms with E-state index in [4.69, 9.17) is 0 Å². The molecule has 0 saturated heterocycles. The lowest BCUT2D eigenvalue weighted by Gasteiger charge is -2.09. The third-order valence-corrected chi connectivity index (χ3v) is 5.75. The molecule has 0 aliphatic rings. The second-order valence-corrected chi connectivity index (χ2v) is 7.83. The molecule has 2 rings (SSSR count). The van der Waals surface area contributed by atoms with Gasteiger partial charge in [0.15, 0.2) is 0 Å². The van der Waals surface area contributed by atoms with Crippen LogP contribution >= 0.6 is 11.8 Å². The van der Waals surface area contributed by atoms with Crippen LogP contribution in [0.15, 0.2) is 58.3 Å². The molecule has 7 heteroatoms. The summed E-state index contributed by atoms with van der Waals surface area (Å²) < 4.78 is 25.6. The highest BCUT2D eigenvalue weighted by Crippen LogP contribution is 2.24. The van der Waals surface area contributed by atoms with Crippen LogP contribution in [-0.4, -0.2) is 27.6 Å². The van der Waals surface area contributed by atoms with Crippen LogP contribution in [0.4, 0.5) is 5.69 Å². The van der Waals surface area contributed by atoms with E-state index in [0.717, 1.165) is 16.1 Å². The van der Waals surface area contributed by atoms with Crippen molar-refractivity contribution in [2.75, 3.05) is 18.6 Å². The second kappa shape index (κ2) is 8.32. The first-order valence-corrected chi connectivity index (χ1v) is 10.1. The number of nitrogens with one attached hydrogen (secondary N) is 2. The van der Waals surface area contributed by atoms with Gasteiger partial charge >= 0.3 is 0 Å². The molecule has 5 nitrogen and oxygen atoms in total. The SMILES string of the molecule is CNS(=O)(=O)c1ccc(CCC(=O)Nc2ccccc2SC)cc1. The van der Waals surface area contributed by atoms with E-state index in [1.165, 1.54) is 7.05 Å². The van der Waals surface area contributed by atoms with E-state index in [2.05, 4.69) is 10.0 Å². The quantitative estimate of drug-likeness (QED) is 0.741. The van der Waals surface area contributed by atoms with Gasteiger partial charge in [-0.15, -0.1) is 11.8 Å². The molecule has 0 spiro atoms. The molecule has 128 valence electrons. The number of rotatable bonds is 7. The van der Waals surface area contributed by atoms with Gasteiger partial charge in [0.2, 0.25) is 15.9 Å². The van der Waals surface area contributed by atoms with Gasteiger partial charge in [0.25, 0.3) is 0 Å². The molecule has 2 N–H and O–H groups in total. The minimum absolute atomic E-state index is 0.0663. The predicted octanol–water partition coefficient (Wildman–Crippen LogP) is 2.89. The molecular weight excluding hydrogens is 344 g/mol. The fourth-order valence-electron chi connectivity index (χ4n) is 2.17. The van der Waals surface area contributed by atoms with E-state index in [-0.39, 0.29) is 10.8 Å². The van der Waals surface area contributed by atoms with Crippen molar-refractivity contribution in [3.63, 3.8) is 0 Å². The van der Waals surface area contributed by atoms with Crippen molar-refractivity contribution in [1.29, 1.82) is 0 Å². The van der Waals surface area contributed by atoms with E-state index in [0.29, 0.717) is 12.8 Å². The molecule has 2 aromatic rings. The summed E-state index contributed by atoms with van der Waals surface area (Å²) in [7, 11) is -2.05. The number of carbonyl (C=O) groups is 1. The van der Waals surface area contributed by atoms with Gasteiger partial charge < -0.3 is 5.32 Å². The Hall–Kier alpha value is -1.83. The Morgan fingerprint density at radius 3 is 2.38 bits per heavy atom. The smallest absolute Gasteiger partial charge is 0.240 e. The van der Waals surface area contributed by atoms with Crippen molar-refractivity contribution < 1.29 is 13.2 Å². The van der Waals surface area contributed by atoms with Crippen molar-refractivity contribution in [2.45, 2.75) is 22.6 Å². The third kappa shape index (κ3) is 4.83. The lowest BCUT2D eigenvalue weighted by Crippen LogP contribution is -2.18. The Balaban J connectivity index is 1.94. The molecule has 0 unspecified atom stereocenters. The summed E-state index contributed by atoms with van der Waals surface area (Å²) in [5.74, 6) is -0.0663. The Morgan fingerprint density at radius 1 is 1.08 bits per heavy atom. The molecule has 0 fully saturated rings. The number of anilines is 1. The number of carbonyl (C=O) groups excluding carboxylic acids is 1. The van der Waals surface area contributed by atoms with Crippen LogP contribution in [0, 0.1) is 0 Å². The minimum Gasteiger partial charge on any atom is -0.325 e. The monoisotopic (exact) mass is 364 g/mol. The van der Waals surface area contributed by atoms with Crippen LogP contribution in [-0.2, 0) is 21.2 Å². The number of benzene rings is 2. The summed E-state index contributed by atoms with van der Waals surface area (Å²) in [6.45, 7) is 0. The first kappa shape index (κ1) is 18.5. The molecule has 2 aromatic carbocycles. The summed E-state index contributed by atoms with van der Waals surface area (Å²) >= 11 is 1.58. The summed E-state index contributed by atoms with van der Waals surface area (Å²) in [5.41, 5.74) is 1.73.